The molecule has 5 atom stereocenters. The molecule has 1 spiro atoms. The van der Waals surface area contributed by atoms with E-state index in [1.807, 2.05) is 4.90 Å². The predicted molar refractivity (Wildman–Crippen MR) is 166 cm³/mol. The van der Waals surface area contributed by atoms with Crippen LogP contribution in [-0.4, -0.2) is 58.6 Å². The molecule has 0 aromatic heterocycles. The van der Waals surface area contributed by atoms with Gasteiger partial charge >= 0.3 is 5.97 Å². The van der Waals surface area contributed by atoms with E-state index < -0.39 is 52.3 Å². The Morgan fingerprint density at radius 2 is 2.00 bits per heavy atom. The van der Waals surface area contributed by atoms with Crippen LogP contribution in [0.1, 0.15) is 52.7 Å². The van der Waals surface area contributed by atoms with Crippen molar-refractivity contribution < 1.29 is 28.7 Å². The molecular weight excluding hydrogens is 626 g/mol. The molecule has 2 heterocycles. The van der Waals surface area contributed by atoms with Crippen molar-refractivity contribution in [2.75, 3.05) is 19.0 Å². The molecule has 0 radical (unpaired) electrons. The summed E-state index contributed by atoms with van der Waals surface area (Å²) in [6.07, 6.45) is 0.883. The molecule has 10 nitrogen and oxygen atoms in total. The topological polar surface area (TPSA) is 134 Å². The average molecular weight is 658 g/mol. The highest BCUT2D eigenvalue weighted by Gasteiger charge is 2.68. The van der Waals surface area contributed by atoms with Crippen LogP contribution in [-0.2, 0) is 21.6 Å². The molecule has 3 aliphatic rings. The second kappa shape index (κ2) is 12.0. The fourth-order valence-corrected chi connectivity index (χ4v) is 7.48. The predicted octanol–water partition coefficient (Wildman–Crippen LogP) is 5.39. The lowest BCUT2D eigenvalue weighted by Gasteiger charge is -2.40. The van der Waals surface area contributed by atoms with Crippen LogP contribution in [0.5, 0.6) is 0 Å². The number of carbonyl (C=O) groups excluding carboxylic acids is 2. The van der Waals surface area contributed by atoms with Crippen LogP contribution in [0.3, 0.4) is 0 Å². The van der Waals surface area contributed by atoms with Gasteiger partial charge in [-0.05, 0) is 55.5 Å². The number of benzene rings is 3. The molecule has 2 fully saturated rings. The van der Waals surface area contributed by atoms with Crippen LogP contribution in [0.2, 0.25) is 10.0 Å². The van der Waals surface area contributed by atoms with E-state index in [0.717, 1.165) is 18.9 Å². The lowest BCUT2D eigenvalue weighted by Crippen LogP contribution is -2.55. The van der Waals surface area contributed by atoms with Crippen LogP contribution in [0.15, 0.2) is 54.6 Å². The number of methoxy groups -OCH3 is 1. The van der Waals surface area contributed by atoms with E-state index in [9.17, 15) is 24.8 Å². The first-order valence-electron chi connectivity index (χ1n) is 14.6. The molecule has 3 aromatic rings. The molecule has 1 amide bonds. The van der Waals surface area contributed by atoms with Crippen molar-refractivity contribution in [3.63, 3.8) is 0 Å². The Labute approximate surface area is 268 Å². The summed E-state index contributed by atoms with van der Waals surface area (Å²) >= 11 is 12.6. The van der Waals surface area contributed by atoms with E-state index >= 15 is 4.39 Å². The van der Waals surface area contributed by atoms with E-state index in [2.05, 4.69) is 10.6 Å². The van der Waals surface area contributed by atoms with Crippen molar-refractivity contribution in [1.29, 1.82) is 0 Å². The second-order valence-electron chi connectivity index (χ2n) is 11.9. The van der Waals surface area contributed by atoms with E-state index in [4.69, 9.17) is 27.9 Å². The molecule has 2 aliphatic heterocycles. The van der Waals surface area contributed by atoms with Crippen LogP contribution in [0.25, 0.3) is 0 Å². The fourth-order valence-electron chi connectivity index (χ4n) is 7.13. The summed E-state index contributed by atoms with van der Waals surface area (Å²) in [5.74, 6) is -2.49. The smallest absolute Gasteiger partial charge is 0.338 e. The van der Waals surface area contributed by atoms with Gasteiger partial charge in [-0.3, -0.25) is 19.8 Å². The number of anilines is 1. The molecule has 45 heavy (non-hydrogen) atoms. The van der Waals surface area contributed by atoms with Crippen molar-refractivity contribution in [1.82, 2.24) is 10.2 Å². The van der Waals surface area contributed by atoms with Gasteiger partial charge < -0.3 is 20.5 Å². The van der Waals surface area contributed by atoms with E-state index in [0.29, 0.717) is 22.8 Å². The Balaban J connectivity index is 1.54. The first-order chi connectivity index (χ1) is 21.5. The number of rotatable bonds is 9. The van der Waals surface area contributed by atoms with Gasteiger partial charge in [-0.2, -0.15) is 0 Å². The molecule has 1 aliphatic carbocycles. The van der Waals surface area contributed by atoms with Gasteiger partial charge in [0.2, 0.25) is 5.91 Å². The maximum Gasteiger partial charge on any atom is 0.338 e. The Hall–Kier alpha value is -3.61. The second-order valence-corrected chi connectivity index (χ2v) is 12.7. The maximum atomic E-state index is 16.1. The number of nitrogens with zero attached hydrogens (tertiary/aromatic N) is 2. The average Bonchev–Trinajstić information content (AvgIpc) is 3.72. The summed E-state index contributed by atoms with van der Waals surface area (Å²) in [6, 6.07) is 12.2. The molecule has 0 bridgehead atoms. The minimum absolute atomic E-state index is 0.0157. The minimum atomic E-state index is -1.48. The fraction of sp³-hybridized carbons (Fsp3) is 0.375. The lowest BCUT2D eigenvalue weighted by atomic mass is 9.73. The molecular formula is C32H31Cl2FN4O6. The highest BCUT2D eigenvalue weighted by Crippen LogP contribution is 2.59. The Morgan fingerprint density at radius 1 is 1.24 bits per heavy atom. The number of amides is 1. The highest BCUT2D eigenvalue weighted by molar-refractivity contribution is 6.31. The van der Waals surface area contributed by atoms with Gasteiger partial charge in [-0.15, -0.1) is 0 Å². The number of nitrogens with one attached hydrogen (secondary N) is 2. The summed E-state index contributed by atoms with van der Waals surface area (Å²) in [4.78, 5) is 40.0. The third kappa shape index (κ3) is 5.26. The number of hydrogen-bond acceptors (Lipinski definition) is 8. The zero-order valence-corrected chi connectivity index (χ0v) is 25.9. The van der Waals surface area contributed by atoms with E-state index in [1.54, 1.807) is 37.3 Å². The molecule has 236 valence electrons. The maximum absolute atomic E-state index is 16.1. The van der Waals surface area contributed by atoms with Crippen LogP contribution >= 0.6 is 23.2 Å². The Morgan fingerprint density at radius 3 is 2.67 bits per heavy atom. The first-order valence-corrected chi connectivity index (χ1v) is 15.3. The minimum Gasteiger partial charge on any atom is -0.465 e. The number of nitro benzene ring substituents is 1. The Kier molecular flexibility index (Phi) is 8.34. The number of carbonyl (C=O) groups is 2. The van der Waals surface area contributed by atoms with Crippen molar-refractivity contribution in [3.8, 4) is 0 Å². The third-order valence-electron chi connectivity index (χ3n) is 9.17. The normalized spacial score (nSPS) is 24.8. The SMILES string of the molecule is COC(=O)c1ccc(CNC2C([C@H](C)O)N(CC3CC3)[C@]3(C(=O)Nc4cc(Cl)ccc43)C2c2cccc(Cl)c2F)c([N+](=O)[O-])c1. The summed E-state index contributed by atoms with van der Waals surface area (Å²) < 4.78 is 20.8. The van der Waals surface area contributed by atoms with Gasteiger partial charge in [0.1, 0.15) is 11.4 Å². The lowest BCUT2D eigenvalue weighted by molar-refractivity contribution is -0.385. The number of nitro groups is 1. The number of aliphatic hydroxyl groups is 1. The third-order valence-corrected chi connectivity index (χ3v) is 9.70. The summed E-state index contributed by atoms with van der Waals surface area (Å²) in [5.41, 5.74) is -0.288. The largest absolute Gasteiger partial charge is 0.465 e. The van der Waals surface area contributed by atoms with Crippen LogP contribution < -0.4 is 10.6 Å². The molecule has 1 saturated heterocycles. The number of hydrogen-bond donors (Lipinski definition) is 3. The number of halogens is 3. The highest BCUT2D eigenvalue weighted by atomic mass is 35.5. The van der Waals surface area contributed by atoms with Gasteiger partial charge in [0.25, 0.3) is 5.69 Å². The van der Waals surface area contributed by atoms with Gasteiger partial charge in [0, 0.05) is 53.0 Å². The zero-order chi connectivity index (χ0) is 32.2. The first kappa shape index (κ1) is 31.4. The molecule has 3 aromatic carbocycles. The van der Waals surface area contributed by atoms with Gasteiger partial charge in [0.05, 0.1) is 34.8 Å². The van der Waals surface area contributed by atoms with Crippen LogP contribution in [0.4, 0.5) is 15.8 Å². The summed E-state index contributed by atoms with van der Waals surface area (Å²) in [7, 11) is 1.18. The van der Waals surface area contributed by atoms with E-state index in [-0.39, 0.29) is 39.9 Å². The molecule has 1 saturated carbocycles. The molecule has 3 unspecified atom stereocenters. The van der Waals surface area contributed by atoms with Gasteiger partial charge in [0.15, 0.2) is 0 Å². The van der Waals surface area contributed by atoms with Crippen molar-refractivity contribution in [3.05, 3.63) is 103 Å². The quantitative estimate of drug-likeness (QED) is 0.159. The number of likely N-dealkylation sites (tertiary alicyclic amines) is 1. The molecule has 6 rings (SSSR count). The van der Waals surface area contributed by atoms with Gasteiger partial charge in [-0.25, -0.2) is 9.18 Å². The zero-order valence-electron chi connectivity index (χ0n) is 24.4. The monoisotopic (exact) mass is 656 g/mol. The standard InChI is InChI=1S/C32H31Cl2FN4O6/c1-16(40)29-28(36-14-19-9-8-18(30(41)45-2)12-25(19)39(43)44)26(21-4-3-5-23(34)27(21)35)32(38(29)15-17-6-7-17)22-11-10-20(33)13-24(22)37-31(32)42/h3-5,8-13,16-17,26,28-29,36,40H,6-7,14-15H2,1-2H3,(H,37,42)/t16-,26?,28?,29?,32-/m0/s1. The van der Waals surface area contributed by atoms with Crippen LogP contribution in [0, 0.1) is 21.8 Å². The number of aliphatic hydroxyl groups excluding tert-OH is 1. The Bertz CT molecular complexity index is 1700. The van der Waals surface area contributed by atoms with E-state index in [1.165, 1.54) is 25.3 Å². The summed E-state index contributed by atoms with van der Waals surface area (Å²) in [5, 5.41) is 30.1. The number of fused-ring (bicyclic) bond motifs is 2. The number of ether oxygens (including phenoxy) is 1. The van der Waals surface area contributed by atoms with Crippen molar-refractivity contribution in [2.45, 2.75) is 56.0 Å². The number of esters is 1. The van der Waals surface area contributed by atoms with Crippen molar-refractivity contribution >= 4 is 46.5 Å². The summed E-state index contributed by atoms with van der Waals surface area (Å²) in [6.45, 7) is 1.98. The van der Waals surface area contributed by atoms with Gasteiger partial charge in [-0.1, -0.05) is 47.5 Å². The van der Waals surface area contributed by atoms with Crippen molar-refractivity contribution in [2.24, 2.45) is 5.92 Å². The molecule has 3 N–H and O–H groups in total. The molecule has 13 heteroatoms.